The van der Waals surface area contributed by atoms with Gasteiger partial charge in [0.15, 0.2) is 0 Å². The molecule has 0 radical (unpaired) electrons. The highest BCUT2D eigenvalue weighted by molar-refractivity contribution is 8.00. The molecule has 3 aromatic carbocycles. The number of alkyl halides is 3. The molecule has 0 fully saturated rings. The highest BCUT2D eigenvalue weighted by atomic mass is 32.2. The Balaban J connectivity index is 1.30. The summed E-state index contributed by atoms with van der Waals surface area (Å²) in [6, 6.07) is 25.7. The Morgan fingerprint density at radius 3 is 2.09 bits per heavy atom. The van der Waals surface area contributed by atoms with Crippen LogP contribution in [0.3, 0.4) is 0 Å². The summed E-state index contributed by atoms with van der Waals surface area (Å²) in [6.07, 6.45) is 0.545. The second kappa shape index (κ2) is 16.0. The van der Waals surface area contributed by atoms with Crippen LogP contribution in [0.1, 0.15) is 62.8 Å². The number of anilines is 1. The van der Waals surface area contributed by atoms with Crippen molar-refractivity contribution in [2.45, 2.75) is 70.0 Å². The van der Waals surface area contributed by atoms with Crippen LogP contribution in [0.5, 0.6) is 0 Å². The number of hydrazone groups is 1. The molecule has 0 spiro atoms. The van der Waals surface area contributed by atoms with Crippen molar-refractivity contribution in [1.82, 2.24) is 14.9 Å². The van der Waals surface area contributed by atoms with Crippen LogP contribution in [0.4, 0.5) is 18.9 Å². The number of hydrogen-bond donors (Lipinski definition) is 1. The molecular formula is C37H42F3N5OS. The molecule has 6 nitrogen and oxygen atoms in total. The van der Waals surface area contributed by atoms with Crippen molar-refractivity contribution in [1.29, 1.82) is 0 Å². The van der Waals surface area contributed by atoms with Gasteiger partial charge in [0.2, 0.25) is 6.41 Å². The van der Waals surface area contributed by atoms with Crippen LogP contribution in [0.2, 0.25) is 0 Å². The molecule has 1 heterocycles. The molecule has 4 rings (SSSR count). The first kappa shape index (κ1) is 35.5. The Morgan fingerprint density at radius 2 is 1.53 bits per heavy atom. The summed E-state index contributed by atoms with van der Waals surface area (Å²) < 4.78 is 41.5. The average molecular weight is 662 g/mol. The van der Waals surface area contributed by atoms with E-state index in [1.54, 1.807) is 11.1 Å². The molecule has 0 atom stereocenters. The molecule has 0 saturated heterocycles. The number of carbonyl (C=O) groups excluding carboxylic acids is 1. The van der Waals surface area contributed by atoms with Crippen molar-refractivity contribution in [3.63, 3.8) is 0 Å². The molecular weight excluding hydrogens is 620 g/mol. The van der Waals surface area contributed by atoms with E-state index in [0.717, 1.165) is 59.7 Å². The Hall–Kier alpha value is -4.31. The minimum Gasteiger partial charge on any atom is -0.324 e. The van der Waals surface area contributed by atoms with Gasteiger partial charge in [-0.2, -0.15) is 18.3 Å². The van der Waals surface area contributed by atoms with Gasteiger partial charge in [0, 0.05) is 30.5 Å². The number of nitrogens with one attached hydrogen (secondary N) is 1. The molecule has 0 aliphatic heterocycles. The van der Waals surface area contributed by atoms with Gasteiger partial charge in [0.25, 0.3) is 0 Å². The van der Waals surface area contributed by atoms with Gasteiger partial charge >= 0.3 is 6.18 Å². The number of hydrogen-bond acceptors (Lipinski definition) is 6. The fourth-order valence-corrected chi connectivity index (χ4v) is 5.55. The van der Waals surface area contributed by atoms with Crippen molar-refractivity contribution >= 4 is 29.9 Å². The lowest BCUT2D eigenvalue weighted by Crippen LogP contribution is -2.31. The van der Waals surface area contributed by atoms with Gasteiger partial charge in [-0.3, -0.25) is 14.8 Å². The SMILES string of the molecule is CCN(C=O)/C(CCCc1ccc(-c2ccc(NSc3ccc(C(F)(F)F)cc3)cn2)cc1)=N\N(C)Cc1ccc(C(C)(C)C)cc1. The van der Waals surface area contributed by atoms with Crippen LogP contribution < -0.4 is 4.72 Å². The van der Waals surface area contributed by atoms with Crippen molar-refractivity contribution in [3.05, 3.63) is 113 Å². The third-order valence-corrected chi connectivity index (χ3v) is 8.51. The summed E-state index contributed by atoms with van der Waals surface area (Å²) in [5.74, 6) is 0.752. The Morgan fingerprint density at radius 1 is 0.894 bits per heavy atom. The molecule has 1 aromatic heterocycles. The zero-order valence-corrected chi connectivity index (χ0v) is 28.3. The van der Waals surface area contributed by atoms with Crippen LogP contribution in [0.25, 0.3) is 11.3 Å². The molecule has 0 aliphatic rings. The smallest absolute Gasteiger partial charge is 0.324 e. The van der Waals surface area contributed by atoms with Gasteiger partial charge < -0.3 is 9.62 Å². The minimum atomic E-state index is -4.35. The maximum absolute atomic E-state index is 12.8. The largest absolute Gasteiger partial charge is 0.416 e. The van der Waals surface area contributed by atoms with E-state index in [0.29, 0.717) is 24.4 Å². The van der Waals surface area contributed by atoms with Crippen molar-refractivity contribution < 1.29 is 18.0 Å². The van der Waals surface area contributed by atoms with Gasteiger partial charge in [-0.1, -0.05) is 69.3 Å². The number of pyridine rings is 1. The van der Waals surface area contributed by atoms with Crippen LogP contribution in [0.15, 0.2) is 101 Å². The molecule has 0 saturated carbocycles. The second-order valence-corrected chi connectivity index (χ2v) is 13.3. The monoisotopic (exact) mass is 661 g/mol. The summed E-state index contributed by atoms with van der Waals surface area (Å²) in [5, 5.41) is 6.70. The number of benzene rings is 3. The lowest BCUT2D eigenvalue weighted by Gasteiger charge is -2.22. The molecule has 4 aromatic rings. The number of nitrogens with zero attached hydrogens (tertiary/aromatic N) is 4. The summed E-state index contributed by atoms with van der Waals surface area (Å²) in [4.78, 5) is 18.7. The van der Waals surface area contributed by atoms with Gasteiger partial charge in [-0.25, -0.2) is 0 Å². The van der Waals surface area contributed by atoms with E-state index in [4.69, 9.17) is 5.10 Å². The van der Waals surface area contributed by atoms with E-state index in [1.807, 2.05) is 43.2 Å². The molecule has 248 valence electrons. The van der Waals surface area contributed by atoms with Gasteiger partial charge in [0.05, 0.1) is 29.7 Å². The van der Waals surface area contributed by atoms with Crippen molar-refractivity contribution in [2.75, 3.05) is 18.3 Å². The van der Waals surface area contributed by atoms with E-state index in [1.165, 1.54) is 35.2 Å². The molecule has 10 heteroatoms. The van der Waals surface area contributed by atoms with E-state index in [2.05, 4.69) is 66.9 Å². The fourth-order valence-electron chi connectivity index (χ4n) is 4.92. The number of carbonyl (C=O) groups is 1. The Kier molecular flexibility index (Phi) is 12.1. The number of halogens is 3. The predicted molar refractivity (Wildman–Crippen MR) is 186 cm³/mol. The van der Waals surface area contributed by atoms with Crippen molar-refractivity contribution in [3.8, 4) is 11.3 Å². The Bertz CT molecular complexity index is 1600. The molecule has 47 heavy (non-hydrogen) atoms. The molecule has 1 N–H and O–H groups in total. The highest BCUT2D eigenvalue weighted by Gasteiger charge is 2.30. The molecule has 0 aliphatic carbocycles. The van der Waals surface area contributed by atoms with Gasteiger partial charge in [0.1, 0.15) is 5.84 Å². The van der Waals surface area contributed by atoms with E-state index in [9.17, 15) is 18.0 Å². The summed E-state index contributed by atoms with van der Waals surface area (Å²) in [7, 11) is 1.93. The number of rotatable bonds is 13. The predicted octanol–water partition coefficient (Wildman–Crippen LogP) is 9.43. The topological polar surface area (TPSA) is 60.8 Å². The molecule has 0 bridgehead atoms. The lowest BCUT2D eigenvalue weighted by molar-refractivity contribution is -0.137. The molecule has 1 amide bonds. The first-order valence-corrected chi connectivity index (χ1v) is 16.4. The minimum absolute atomic E-state index is 0.104. The maximum atomic E-state index is 12.8. The van der Waals surface area contributed by atoms with Crippen LogP contribution in [-0.2, 0) is 29.4 Å². The summed E-state index contributed by atoms with van der Waals surface area (Å²) in [5.41, 5.74) is 5.61. The van der Waals surface area contributed by atoms with Crippen LogP contribution in [-0.4, -0.2) is 40.7 Å². The zero-order valence-electron chi connectivity index (χ0n) is 27.5. The number of aryl methyl sites for hydroxylation is 1. The fraction of sp³-hybridized carbons (Fsp3) is 0.324. The summed E-state index contributed by atoms with van der Waals surface area (Å²) >= 11 is 1.22. The first-order chi connectivity index (χ1) is 22.4. The molecule has 0 unspecified atom stereocenters. The summed E-state index contributed by atoms with van der Waals surface area (Å²) in [6.45, 7) is 9.75. The van der Waals surface area contributed by atoms with Crippen LogP contribution >= 0.6 is 11.9 Å². The second-order valence-electron chi connectivity index (χ2n) is 12.4. The van der Waals surface area contributed by atoms with Crippen LogP contribution in [0, 0.1) is 0 Å². The van der Waals surface area contributed by atoms with Gasteiger partial charge in [-0.05, 0) is 90.2 Å². The quantitative estimate of drug-likeness (QED) is 0.0509. The maximum Gasteiger partial charge on any atom is 0.416 e. The van der Waals surface area contributed by atoms with E-state index < -0.39 is 11.7 Å². The standard InChI is InChI=1S/C37H42F3N5OS/c1-6-45(26-46)35(42-44(5)25-28-12-16-30(17-13-28)36(2,3)4)9-7-8-27-10-14-29(15-11-27)34-23-20-32(24-41-34)43-47-33-21-18-31(19-22-33)37(38,39)40/h10-24,26,43H,6-9,25H2,1-5H3/b42-35-. The highest BCUT2D eigenvalue weighted by Crippen LogP contribution is 2.31. The number of amidine groups is 1. The first-order valence-electron chi connectivity index (χ1n) is 15.6. The zero-order chi connectivity index (χ0) is 34.0. The van der Waals surface area contributed by atoms with Crippen molar-refractivity contribution in [2.24, 2.45) is 5.10 Å². The normalized spacial score (nSPS) is 12.1. The number of aromatic nitrogens is 1. The third-order valence-electron chi connectivity index (χ3n) is 7.66. The number of amides is 1. The van der Waals surface area contributed by atoms with E-state index in [-0.39, 0.29) is 5.41 Å². The average Bonchev–Trinajstić information content (AvgIpc) is 3.04. The lowest BCUT2D eigenvalue weighted by atomic mass is 9.87. The van der Waals surface area contributed by atoms with Gasteiger partial charge in [-0.15, -0.1) is 0 Å². The van der Waals surface area contributed by atoms with E-state index >= 15 is 0 Å². The Labute approximate surface area is 280 Å². The third kappa shape index (κ3) is 10.6.